The first-order chi connectivity index (χ1) is 14.4. The number of aromatic nitrogens is 2. The van der Waals surface area contributed by atoms with Crippen molar-refractivity contribution in [1.82, 2.24) is 14.3 Å². The van der Waals surface area contributed by atoms with Gasteiger partial charge in [-0.25, -0.2) is 16.8 Å². The number of fused-ring (bicyclic) bond motifs is 1. The third-order valence-electron chi connectivity index (χ3n) is 4.82. The van der Waals surface area contributed by atoms with E-state index in [1.807, 2.05) is 25.1 Å². The minimum absolute atomic E-state index is 0. The van der Waals surface area contributed by atoms with Gasteiger partial charge < -0.3 is 10.6 Å². The van der Waals surface area contributed by atoms with Crippen LogP contribution in [0, 0.1) is 12.7 Å². The van der Waals surface area contributed by atoms with Crippen LogP contribution >= 0.6 is 12.4 Å². The monoisotopic (exact) mass is 460 g/mol. The van der Waals surface area contributed by atoms with Gasteiger partial charge in [0.1, 0.15) is 10.7 Å². The molecular formula is C22H22ClFN4O2S. The summed E-state index contributed by atoms with van der Waals surface area (Å²) >= 11 is 0. The molecule has 0 aliphatic rings. The summed E-state index contributed by atoms with van der Waals surface area (Å²) in [4.78, 5) is 4.03. The summed E-state index contributed by atoms with van der Waals surface area (Å²) in [5, 5.41) is 6.90. The van der Waals surface area contributed by atoms with Crippen molar-refractivity contribution in [2.24, 2.45) is 0 Å². The second kappa shape index (κ2) is 9.05. The predicted octanol–water partition coefficient (Wildman–Crippen LogP) is 4.61. The molecule has 162 valence electrons. The Kier molecular flexibility index (Phi) is 6.64. The molecule has 0 aliphatic heterocycles. The third kappa shape index (κ3) is 4.41. The quantitative estimate of drug-likeness (QED) is 0.439. The van der Waals surface area contributed by atoms with Crippen LogP contribution in [0.25, 0.3) is 10.9 Å². The molecule has 6 nitrogen and oxygen atoms in total. The van der Waals surface area contributed by atoms with Crippen LogP contribution in [-0.2, 0) is 16.6 Å². The van der Waals surface area contributed by atoms with Crippen LogP contribution in [-0.4, -0.2) is 24.4 Å². The van der Waals surface area contributed by atoms with Gasteiger partial charge in [-0.3, -0.25) is 4.98 Å². The van der Waals surface area contributed by atoms with E-state index in [1.165, 1.54) is 28.5 Å². The Bertz CT molecular complexity index is 1320. The van der Waals surface area contributed by atoms with E-state index in [9.17, 15) is 12.8 Å². The number of benzene rings is 2. The van der Waals surface area contributed by atoms with Gasteiger partial charge in [0.15, 0.2) is 0 Å². The summed E-state index contributed by atoms with van der Waals surface area (Å²) in [6.45, 7) is 2.32. The molecule has 0 bridgehead atoms. The van der Waals surface area contributed by atoms with Crippen LogP contribution in [0.3, 0.4) is 0 Å². The summed E-state index contributed by atoms with van der Waals surface area (Å²) in [7, 11) is -2.04. The Hall–Kier alpha value is -2.94. The topological polar surface area (TPSA) is 76.0 Å². The van der Waals surface area contributed by atoms with Crippen LogP contribution in [0.2, 0.25) is 0 Å². The molecule has 4 aromatic rings. The molecule has 0 saturated heterocycles. The van der Waals surface area contributed by atoms with Crippen molar-refractivity contribution in [2.75, 3.05) is 12.4 Å². The fourth-order valence-corrected chi connectivity index (χ4v) is 4.71. The van der Waals surface area contributed by atoms with E-state index in [-0.39, 0.29) is 23.1 Å². The molecular weight excluding hydrogens is 439 g/mol. The van der Waals surface area contributed by atoms with E-state index >= 15 is 0 Å². The highest BCUT2D eigenvalue weighted by Crippen LogP contribution is 2.30. The zero-order valence-electron chi connectivity index (χ0n) is 17.0. The Balaban J connectivity index is 0.00000272. The lowest BCUT2D eigenvalue weighted by Crippen LogP contribution is -2.12. The van der Waals surface area contributed by atoms with Gasteiger partial charge >= 0.3 is 0 Å². The number of hydrogen-bond donors (Lipinski definition) is 2. The number of rotatable bonds is 6. The van der Waals surface area contributed by atoms with Crippen molar-refractivity contribution in [2.45, 2.75) is 18.4 Å². The number of hydrogen-bond acceptors (Lipinski definition) is 5. The second-order valence-electron chi connectivity index (χ2n) is 7.01. The van der Waals surface area contributed by atoms with E-state index in [1.54, 1.807) is 31.4 Å². The first-order valence-electron chi connectivity index (χ1n) is 9.37. The second-order valence-corrected chi connectivity index (χ2v) is 8.83. The van der Waals surface area contributed by atoms with Crippen molar-refractivity contribution in [3.8, 4) is 0 Å². The molecule has 2 N–H and O–H groups in total. The van der Waals surface area contributed by atoms with Crippen LogP contribution < -0.4 is 10.6 Å². The van der Waals surface area contributed by atoms with Crippen molar-refractivity contribution in [3.05, 3.63) is 84.1 Å². The number of pyridine rings is 1. The summed E-state index contributed by atoms with van der Waals surface area (Å²) in [5.41, 5.74) is 3.07. The van der Waals surface area contributed by atoms with Crippen molar-refractivity contribution in [1.29, 1.82) is 0 Å². The van der Waals surface area contributed by atoms with Gasteiger partial charge in [0.05, 0.1) is 11.2 Å². The summed E-state index contributed by atoms with van der Waals surface area (Å²) < 4.78 is 42.0. The highest BCUT2D eigenvalue weighted by molar-refractivity contribution is 7.90. The van der Waals surface area contributed by atoms with E-state index < -0.39 is 10.0 Å². The fourth-order valence-electron chi connectivity index (χ4n) is 3.36. The zero-order valence-corrected chi connectivity index (χ0v) is 18.6. The lowest BCUT2D eigenvalue weighted by Gasteiger charge is -2.11. The van der Waals surface area contributed by atoms with Crippen LogP contribution in [0.5, 0.6) is 0 Å². The van der Waals surface area contributed by atoms with Crippen LogP contribution in [0.15, 0.2) is 72.0 Å². The van der Waals surface area contributed by atoms with E-state index in [2.05, 4.69) is 15.6 Å². The highest BCUT2D eigenvalue weighted by atomic mass is 35.5. The molecule has 0 unspecified atom stereocenters. The first-order valence-corrected chi connectivity index (χ1v) is 10.8. The van der Waals surface area contributed by atoms with E-state index in [0.717, 1.165) is 16.5 Å². The van der Waals surface area contributed by atoms with E-state index in [4.69, 9.17) is 0 Å². The molecule has 0 saturated carbocycles. The number of nitrogens with zero attached hydrogens (tertiary/aromatic N) is 2. The van der Waals surface area contributed by atoms with Crippen LogP contribution in [0.1, 0.15) is 11.1 Å². The average Bonchev–Trinajstić information content (AvgIpc) is 3.10. The number of halogens is 2. The summed E-state index contributed by atoms with van der Waals surface area (Å²) in [6.07, 6.45) is 4.46. The number of aryl methyl sites for hydroxylation is 1. The van der Waals surface area contributed by atoms with Crippen molar-refractivity contribution < 1.29 is 12.8 Å². The van der Waals surface area contributed by atoms with Gasteiger partial charge in [-0.2, -0.15) is 0 Å². The lowest BCUT2D eigenvalue weighted by molar-refractivity contribution is 0.588. The minimum Gasteiger partial charge on any atom is -0.353 e. The molecule has 2 aromatic carbocycles. The van der Waals surface area contributed by atoms with E-state index in [0.29, 0.717) is 23.4 Å². The Labute approximate surface area is 186 Å². The average molecular weight is 461 g/mol. The molecule has 0 atom stereocenters. The molecule has 2 heterocycles. The maximum Gasteiger partial charge on any atom is 0.269 e. The normalized spacial score (nSPS) is 11.3. The first kappa shape index (κ1) is 22.7. The molecule has 9 heteroatoms. The maximum absolute atomic E-state index is 14.3. The maximum atomic E-state index is 14.3. The molecule has 0 spiro atoms. The standard InChI is InChI=1S/C22H21FN4O2S.ClH/c1-15-5-8-21(20(23)10-15)26-17-6-7-19-16(12-24-2)14-27(22(19)11-17)30(28,29)18-4-3-9-25-13-18;/h3-11,13-14,24,26H,12H2,1-2H3;1H. The predicted molar refractivity (Wildman–Crippen MR) is 123 cm³/mol. The molecule has 31 heavy (non-hydrogen) atoms. The largest absolute Gasteiger partial charge is 0.353 e. The molecule has 4 rings (SSSR count). The third-order valence-corrected chi connectivity index (χ3v) is 6.47. The zero-order chi connectivity index (χ0) is 21.3. The Morgan fingerprint density at radius 2 is 1.94 bits per heavy atom. The Morgan fingerprint density at radius 1 is 1.13 bits per heavy atom. The smallest absolute Gasteiger partial charge is 0.269 e. The summed E-state index contributed by atoms with van der Waals surface area (Å²) in [6, 6.07) is 13.4. The molecule has 0 aliphatic carbocycles. The van der Waals surface area contributed by atoms with Gasteiger partial charge in [0.25, 0.3) is 10.0 Å². The molecule has 2 aromatic heterocycles. The molecule has 0 radical (unpaired) electrons. The highest BCUT2D eigenvalue weighted by Gasteiger charge is 2.21. The van der Waals surface area contributed by atoms with Gasteiger partial charge in [0, 0.05) is 36.2 Å². The van der Waals surface area contributed by atoms with Gasteiger partial charge in [-0.05, 0) is 61.5 Å². The van der Waals surface area contributed by atoms with Crippen LogP contribution in [0.4, 0.5) is 15.8 Å². The SMILES string of the molecule is CNCc1cn(S(=O)(=O)c2cccnc2)c2cc(Nc3ccc(C)cc3F)ccc12.Cl. The Morgan fingerprint density at radius 3 is 2.61 bits per heavy atom. The van der Waals surface area contributed by atoms with Crippen molar-refractivity contribution in [3.63, 3.8) is 0 Å². The fraction of sp³-hybridized carbons (Fsp3) is 0.136. The number of anilines is 2. The van der Waals surface area contributed by atoms with Gasteiger partial charge in [-0.15, -0.1) is 12.4 Å². The molecule has 0 fully saturated rings. The minimum atomic E-state index is -3.84. The molecule has 0 amide bonds. The summed E-state index contributed by atoms with van der Waals surface area (Å²) in [5.74, 6) is -0.371. The van der Waals surface area contributed by atoms with Crippen molar-refractivity contribution >= 4 is 44.7 Å². The van der Waals surface area contributed by atoms with Gasteiger partial charge in [-0.1, -0.05) is 12.1 Å². The van der Waals surface area contributed by atoms with Gasteiger partial charge in [0.2, 0.25) is 0 Å². The lowest BCUT2D eigenvalue weighted by atomic mass is 10.1. The number of nitrogens with one attached hydrogen (secondary N) is 2.